The lowest BCUT2D eigenvalue weighted by Crippen LogP contribution is -2.40. The van der Waals surface area contributed by atoms with E-state index < -0.39 is 10.0 Å². The maximum Gasteiger partial charge on any atom is 0.243 e. The Hall–Kier alpha value is -2.01. The van der Waals surface area contributed by atoms with Crippen LogP contribution in [0.2, 0.25) is 0 Å². The number of primary amides is 1. The largest absolute Gasteiger partial charge is 0.379 e. The molecule has 0 bridgehead atoms. The molecule has 2 aliphatic heterocycles. The highest BCUT2D eigenvalue weighted by Crippen LogP contribution is 2.26. The molecule has 1 unspecified atom stereocenters. The Bertz CT molecular complexity index is 1010. The molecule has 2 aliphatic rings. The van der Waals surface area contributed by atoms with Crippen LogP contribution in [-0.2, 0) is 32.6 Å². The molecule has 0 aliphatic carbocycles. The lowest BCUT2D eigenvalue weighted by atomic mass is 10.2. The van der Waals surface area contributed by atoms with Crippen molar-refractivity contribution in [3.63, 3.8) is 0 Å². The summed E-state index contributed by atoms with van der Waals surface area (Å²) in [5, 5.41) is 0. The standard InChI is InChI=1S/C19H27N5O4S/c1-2-24-16-6-5-14(29(26,27)23-8-10-28-11-9-23)12-15(16)21-18(24)13-22-7-3-4-17(22)19(20)25/h5-6,12,17H,2-4,7-11,13H2,1H3,(H2,20,25). The number of aryl methyl sites for hydroxylation is 1. The van der Waals surface area contributed by atoms with E-state index in [0.717, 1.165) is 30.7 Å². The minimum absolute atomic E-state index is 0.246. The van der Waals surface area contributed by atoms with Crippen molar-refractivity contribution in [2.45, 2.75) is 43.8 Å². The number of amides is 1. The zero-order valence-electron chi connectivity index (χ0n) is 16.6. The van der Waals surface area contributed by atoms with E-state index in [1.807, 2.05) is 13.0 Å². The number of sulfonamides is 1. The molecule has 1 atom stereocenters. The topological polar surface area (TPSA) is 111 Å². The van der Waals surface area contributed by atoms with Crippen molar-refractivity contribution in [1.82, 2.24) is 18.8 Å². The van der Waals surface area contributed by atoms with Gasteiger partial charge in [0.05, 0.1) is 41.7 Å². The molecular formula is C19H27N5O4S. The number of carbonyl (C=O) groups excluding carboxylic acids is 1. The predicted molar refractivity (Wildman–Crippen MR) is 108 cm³/mol. The fourth-order valence-corrected chi connectivity index (χ4v) is 5.68. The highest BCUT2D eigenvalue weighted by molar-refractivity contribution is 7.89. The van der Waals surface area contributed by atoms with Crippen LogP contribution in [-0.4, -0.2) is 72.0 Å². The Labute approximate surface area is 170 Å². The molecule has 0 spiro atoms. The number of rotatable bonds is 6. The number of carbonyl (C=O) groups is 1. The van der Waals surface area contributed by atoms with Crippen LogP contribution in [0.25, 0.3) is 11.0 Å². The minimum atomic E-state index is -3.57. The van der Waals surface area contributed by atoms with E-state index in [1.54, 1.807) is 12.1 Å². The van der Waals surface area contributed by atoms with E-state index in [1.165, 1.54) is 4.31 Å². The van der Waals surface area contributed by atoms with E-state index in [4.69, 9.17) is 15.5 Å². The van der Waals surface area contributed by atoms with Crippen molar-refractivity contribution in [3.05, 3.63) is 24.0 Å². The molecule has 2 fully saturated rings. The molecule has 1 aromatic carbocycles. The number of hydrogen-bond donors (Lipinski definition) is 1. The molecule has 3 heterocycles. The molecule has 29 heavy (non-hydrogen) atoms. The summed E-state index contributed by atoms with van der Waals surface area (Å²) in [5.74, 6) is 0.511. The lowest BCUT2D eigenvalue weighted by molar-refractivity contribution is -0.122. The van der Waals surface area contributed by atoms with Crippen molar-refractivity contribution >= 4 is 27.0 Å². The summed E-state index contributed by atoms with van der Waals surface area (Å²) in [4.78, 5) is 18.7. The van der Waals surface area contributed by atoms with Gasteiger partial charge in [-0.25, -0.2) is 13.4 Å². The van der Waals surface area contributed by atoms with E-state index in [-0.39, 0.29) is 16.8 Å². The van der Waals surface area contributed by atoms with Gasteiger partial charge in [0, 0.05) is 19.6 Å². The highest BCUT2D eigenvalue weighted by Gasteiger charge is 2.31. The molecule has 4 rings (SSSR count). The lowest BCUT2D eigenvalue weighted by Gasteiger charge is -2.26. The quantitative estimate of drug-likeness (QED) is 0.728. The smallest absolute Gasteiger partial charge is 0.243 e. The van der Waals surface area contributed by atoms with Crippen molar-refractivity contribution in [2.24, 2.45) is 5.73 Å². The Morgan fingerprint density at radius 1 is 1.28 bits per heavy atom. The van der Waals surface area contributed by atoms with Crippen LogP contribution in [0.3, 0.4) is 0 Å². The number of nitrogens with zero attached hydrogens (tertiary/aromatic N) is 4. The number of likely N-dealkylation sites (tertiary alicyclic amines) is 1. The Balaban J connectivity index is 1.66. The number of benzene rings is 1. The second-order valence-electron chi connectivity index (χ2n) is 7.47. The summed E-state index contributed by atoms with van der Waals surface area (Å²) in [7, 11) is -3.57. The highest BCUT2D eigenvalue weighted by atomic mass is 32.2. The summed E-state index contributed by atoms with van der Waals surface area (Å²) in [6, 6.07) is 4.84. The van der Waals surface area contributed by atoms with Crippen molar-refractivity contribution in [2.75, 3.05) is 32.8 Å². The summed E-state index contributed by atoms with van der Waals surface area (Å²) >= 11 is 0. The third-order valence-corrected chi connectivity index (χ3v) is 7.65. The monoisotopic (exact) mass is 421 g/mol. The van der Waals surface area contributed by atoms with E-state index in [2.05, 4.69) is 9.47 Å². The van der Waals surface area contributed by atoms with Gasteiger partial charge in [-0.15, -0.1) is 0 Å². The van der Waals surface area contributed by atoms with Gasteiger partial charge in [-0.1, -0.05) is 0 Å². The predicted octanol–water partition coefficient (Wildman–Crippen LogP) is 0.527. The summed E-state index contributed by atoms with van der Waals surface area (Å²) in [6.07, 6.45) is 1.70. The minimum Gasteiger partial charge on any atom is -0.379 e. The molecular weight excluding hydrogens is 394 g/mol. The first-order valence-corrected chi connectivity index (χ1v) is 11.5. The first-order chi connectivity index (χ1) is 13.9. The fraction of sp³-hybridized carbons (Fsp3) is 0.579. The molecule has 1 amide bonds. The van der Waals surface area contributed by atoms with Gasteiger partial charge in [0.15, 0.2) is 0 Å². The third-order valence-electron chi connectivity index (χ3n) is 5.76. The summed E-state index contributed by atoms with van der Waals surface area (Å²) < 4.78 is 34.7. The van der Waals surface area contributed by atoms with Crippen LogP contribution < -0.4 is 5.73 Å². The van der Waals surface area contributed by atoms with E-state index in [9.17, 15) is 13.2 Å². The van der Waals surface area contributed by atoms with Crippen molar-refractivity contribution in [1.29, 1.82) is 0 Å². The molecule has 158 valence electrons. The van der Waals surface area contributed by atoms with Crippen LogP contribution in [0.5, 0.6) is 0 Å². The molecule has 0 radical (unpaired) electrons. The van der Waals surface area contributed by atoms with Gasteiger partial charge >= 0.3 is 0 Å². The maximum absolute atomic E-state index is 13.0. The number of fused-ring (bicyclic) bond motifs is 1. The van der Waals surface area contributed by atoms with Gasteiger partial charge in [0.25, 0.3) is 0 Å². The van der Waals surface area contributed by atoms with Crippen LogP contribution in [0.4, 0.5) is 0 Å². The maximum atomic E-state index is 13.0. The molecule has 1 aromatic heterocycles. The zero-order chi connectivity index (χ0) is 20.6. The van der Waals surface area contributed by atoms with E-state index in [0.29, 0.717) is 44.9 Å². The molecule has 0 saturated carbocycles. The van der Waals surface area contributed by atoms with Gasteiger partial charge < -0.3 is 15.0 Å². The zero-order valence-corrected chi connectivity index (χ0v) is 17.4. The van der Waals surface area contributed by atoms with Gasteiger partial charge in [-0.3, -0.25) is 9.69 Å². The molecule has 2 N–H and O–H groups in total. The molecule has 2 aromatic rings. The van der Waals surface area contributed by atoms with Crippen molar-refractivity contribution in [3.8, 4) is 0 Å². The molecule has 9 nitrogen and oxygen atoms in total. The Kier molecular flexibility index (Phi) is 5.60. The van der Waals surface area contributed by atoms with Gasteiger partial charge in [0.2, 0.25) is 15.9 Å². The number of ether oxygens (including phenoxy) is 1. The van der Waals surface area contributed by atoms with Crippen LogP contribution in [0, 0.1) is 0 Å². The summed E-state index contributed by atoms with van der Waals surface area (Å²) in [5.41, 5.74) is 7.07. The van der Waals surface area contributed by atoms with Crippen LogP contribution in [0.15, 0.2) is 23.1 Å². The second kappa shape index (κ2) is 8.02. The van der Waals surface area contributed by atoms with Gasteiger partial charge in [0.1, 0.15) is 5.82 Å². The van der Waals surface area contributed by atoms with Crippen molar-refractivity contribution < 1.29 is 17.9 Å². The number of aromatic nitrogens is 2. The Morgan fingerprint density at radius 2 is 2.03 bits per heavy atom. The average Bonchev–Trinajstić information content (AvgIpc) is 3.32. The third kappa shape index (κ3) is 3.77. The SMILES string of the molecule is CCn1c(CN2CCCC2C(N)=O)nc2cc(S(=O)(=O)N3CCOCC3)ccc21. The normalized spacial score (nSPS) is 21.8. The van der Waals surface area contributed by atoms with Gasteiger partial charge in [-0.05, 0) is 44.5 Å². The number of hydrogen-bond acceptors (Lipinski definition) is 6. The molecule has 10 heteroatoms. The first kappa shape index (κ1) is 20.3. The Morgan fingerprint density at radius 3 is 2.72 bits per heavy atom. The second-order valence-corrected chi connectivity index (χ2v) is 9.41. The number of imidazole rings is 1. The van der Waals surface area contributed by atoms with Gasteiger partial charge in [-0.2, -0.15) is 4.31 Å². The number of nitrogens with two attached hydrogens (primary N) is 1. The average molecular weight is 422 g/mol. The molecule has 2 saturated heterocycles. The van der Waals surface area contributed by atoms with Crippen LogP contribution >= 0.6 is 0 Å². The van der Waals surface area contributed by atoms with Crippen LogP contribution in [0.1, 0.15) is 25.6 Å². The number of morpholine rings is 1. The first-order valence-electron chi connectivity index (χ1n) is 10.0. The van der Waals surface area contributed by atoms with E-state index >= 15 is 0 Å². The fourth-order valence-electron chi connectivity index (χ4n) is 4.25. The summed E-state index contributed by atoms with van der Waals surface area (Å²) in [6.45, 7) is 5.59.